The van der Waals surface area contributed by atoms with Gasteiger partial charge in [0.1, 0.15) is 11.6 Å². The van der Waals surface area contributed by atoms with E-state index in [2.05, 4.69) is 10.3 Å². The maximum Gasteiger partial charge on any atom is 0.220 e. The molecule has 0 saturated heterocycles. The number of nitrogens with zero attached hydrogens (tertiary/aromatic N) is 2. The quantitative estimate of drug-likeness (QED) is 0.690. The van der Waals surface area contributed by atoms with Crippen molar-refractivity contribution in [3.63, 3.8) is 0 Å². The van der Waals surface area contributed by atoms with Crippen LogP contribution in [0.3, 0.4) is 0 Å². The average molecular weight is 381 g/mol. The molecule has 2 aromatic carbocycles. The first kappa shape index (κ1) is 19.2. The van der Waals surface area contributed by atoms with Crippen LogP contribution >= 0.6 is 0 Å². The predicted molar refractivity (Wildman–Crippen MR) is 97.9 cm³/mol. The van der Waals surface area contributed by atoms with E-state index in [-0.39, 0.29) is 42.0 Å². The van der Waals surface area contributed by atoms with E-state index in [1.807, 2.05) is 13.0 Å². The van der Waals surface area contributed by atoms with Crippen LogP contribution in [0.4, 0.5) is 8.78 Å². The first-order valence-corrected chi connectivity index (χ1v) is 8.66. The number of nitrogens with one attached hydrogen (secondary N) is 1. The topological polar surface area (TPSA) is 78.9 Å². The summed E-state index contributed by atoms with van der Waals surface area (Å²) >= 11 is 0. The van der Waals surface area contributed by atoms with Crippen molar-refractivity contribution in [3.8, 4) is 17.4 Å². The van der Waals surface area contributed by atoms with Crippen molar-refractivity contribution in [2.45, 2.75) is 25.8 Å². The van der Waals surface area contributed by atoms with Crippen molar-refractivity contribution in [1.29, 1.82) is 5.26 Å². The van der Waals surface area contributed by atoms with Gasteiger partial charge in [-0.25, -0.2) is 13.8 Å². The zero-order chi connectivity index (χ0) is 20.1. The van der Waals surface area contributed by atoms with Crippen LogP contribution in [0.1, 0.15) is 36.4 Å². The Kier molecular flexibility index (Phi) is 5.80. The molecule has 7 heteroatoms. The van der Waals surface area contributed by atoms with Crippen molar-refractivity contribution in [2.75, 3.05) is 0 Å². The monoisotopic (exact) mass is 381 g/mol. The van der Waals surface area contributed by atoms with Gasteiger partial charge in [-0.05, 0) is 36.8 Å². The molecule has 3 aromatic rings. The van der Waals surface area contributed by atoms with Gasteiger partial charge >= 0.3 is 0 Å². The van der Waals surface area contributed by atoms with E-state index in [0.717, 1.165) is 17.7 Å². The van der Waals surface area contributed by atoms with Gasteiger partial charge in [-0.15, -0.1) is 0 Å². The molecule has 0 spiro atoms. The third kappa shape index (κ3) is 4.41. The third-order valence-electron chi connectivity index (χ3n) is 4.25. The Hall–Kier alpha value is -3.53. The lowest BCUT2D eigenvalue weighted by molar-refractivity contribution is -0.121. The Balaban J connectivity index is 1.58. The number of hydrogen-bond acceptors (Lipinski definition) is 4. The van der Waals surface area contributed by atoms with E-state index < -0.39 is 11.6 Å². The molecule has 28 heavy (non-hydrogen) atoms. The number of carbonyl (C=O) groups is 1. The minimum Gasteiger partial charge on any atom is -0.441 e. The van der Waals surface area contributed by atoms with Crippen molar-refractivity contribution in [1.82, 2.24) is 10.3 Å². The van der Waals surface area contributed by atoms with Crippen LogP contribution in [0.15, 0.2) is 53.1 Å². The number of nitriles is 1. The second-order valence-corrected chi connectivity index (χ2v) is 6.24. The van der Waals surface area contributed by atoms with Crippen LogP contribution < -0.4 is 5.32 Å². The Morgan fingerprint density at radius 3 is 2.54 bits per heavy atom. The first-order chi connectivity index (χ1) is 13.5. The minimum absolute atomic E-state index is 0.0167. The number of amides is 1. The number of hydrogen-bond donors (Lipinski definition) is 1. The van der Waals surface area contributed by atoms with Gasteiger partial charge in [-0.3, -0.25) is 4.79 Å². The SMILES string of the molecule is CC(NC(=O)CCc1ncc(-c2c(F)cccc2F)o1)c1ccc(C#N)cc1. The Morgan fingerprint density at radius 1 is 1.21 bits per heavy atom. The molecule has 1 unspecified atom stereocenters. The molecule has 1 heterocycles. The second-order valence-electron chi connectivity index (χ2n) is 6.24. The Bertz CT molecular complexity index is 1000. The fourth-order valence-corrected chi connectivity index (χ4v) is 2.74. The van der Waals surface area contributed by atoms with E-state index in [9.17, 15) is 13.6 Å². The molecule has 1 amide bonds. The number of aromatic nitrogens is 1. The van der Waals surface area contributed by atoms with Gasteiger partial charge in [0.05, 0.1) is 29.4 Å². The summed E-state index contributed by atoms with van der Waals surface area (Å²) in [6.07, 6.45) is 1.55. The lowest BCUT2D eigenvalue weighted by Crippen LogP contribution is -2.26. The van der Waals surface area contributed by atoms with E-state index in [1.165, 1.54) is 12.3 Å². The summed E-state index contributed by atoms with van der Waals surface area (Å²) < 4.78 is 33.0. The zero-order valence-corrected chi connectivity index (χ0v) is 15.1. The van der Waals surface area contributed by atoms with Gasteiger partial charge in [0, 0.05) is 12.8 Å². The van der Waals surface area contributed by atoms with Gasteiger partial charge in [0.2, 0.25) is 5.91 Å². The smallest absolute Gasteiger partial charge is 0.220 e. The fourth-order valence-electron chi connectivity index (χ4n) is 2.74. The molecule has 5 nitrogen and oxygen atoms in total. The average Bonchev–Trinajstić information content (AvgIpc) is 3.15. The molecular formula is C21H17F2N3O2. The van der Waals surface area contributed by atoms with Crippen LogP contribution in [0.2, 0.25) is 0 Å². The highest BCUT2D eigenvalue weighted by Gasteiger charge is 2.17. The molecule has 0 aliphatic carbocycles. The number of rotatable bonds is 6. The van der Waals surface area contributed by atoms with E-state index in [0.29, 0.717) is 5.56 Å². The van der Waals surface area contributed by atoms with Crippen molar-refractivity contribution in [3.05, 3.63) is 77.3 Å². The molecule has 0 aliphatic heterocycles. The summed E-state index contributed by atoms with van der Waals surface area (Å²) in [6, 6.07) is 12.3. The molecule has 1 aromatic heterocycles. The highest BCUT2D eigenvalue weighted by atomic mass is 19.1. The lowest BCUT2D eigenvalue weighted by atomic mass is 10.1. The summed E-state index contributed by atoms with van der Waals surface area (Å²) in [7, 11) is 0. The van der Waals surface area contributed by atoms with Crippen molar-refractivity contribution >= 4 is 5.91 Å². The highest BCUT2D eigenvalue weighted by Crippen LogP contribution is 2.26. The maximum atomic E-state index is 13.8. The molecule has 0 aliphatic rings. The normalized spacial score (nSPS) is 11.6. The summed E-state index contributed by atoms with van der Waals surface area (Å²) in [4.78, 5) is 16.1. The second kappa shape index (κ2) is 8.44. The largest absolute Gasteiger partial charge is 0.441 e. The zero-order valence-electron chi connectivity index (χ0n) is 15.1. The lowest BCUT2D eigenvalue weighted by Gasteiger charge is -2.14. The van der Waals surface area contributed by atoms with Crippen LogP contribution in [0.25, 0.3) is 11.3 Å². The summed E-state index contributed by atoms with van der Waals surface area (Å²) in [5.41, 5.74) is 1.15. The van der Waals surface area contributed by atoms with Crippen LogP contribution in [-0.2, 0) is 11.2 Å². The van der Waals surface area contributed by atoms with E-state index in [4.69, 9.17) is 9.68 Å². The molecule has 1 atom stereocenters. The number of carbonyl (C=O) groups excluding carboxylic acids is 1. The molecule has 0 saturated carbocycles. The molecule has 0 bridgehead atoms. The molecule has 1 N–H and O–H groups in total. The summed E-state index contributed by atoms with van der Waals surface area (Å²) in [5.74, 6) is -1.49. The number of aryl methyl sites for hydroxylation is 1. The first-order valence-electron chi connectivity index (χ1n) is 8.66. The van der Waals surface area contributed by atoms with Gasteiger partial charge in [0.25, 0.3) is 0 Å². The van der Waals surface area contributed by atoms with Crippen molar-refractivity contribution < 1.29 is 18.0 Å². The molecule has 0 fully saturated rings. The fraction of sp³-hybridized carbons (Fsp3) is 0.190. The number of benzene rings is 2. The number of oxazole rings is 1. The Labute approximate surface area is 160 Å². The minimum atomic E-state index is -0.739. The van der Waals surface area contributed by atoms with Gasteiger partial charge in [-0.2, -0.15) is 5.26 Å². The molecule has 0 radical (unpaired) electrons. The van der Waals surface area contributed by atoms with Gasteiger partial charge in [-0.1, -0.05) is 18.2 Å². The van der Waals surface area contributed by atoms with Gasteiger partial charge < -0.3 is 9.73 Å². The predicted octanol–water partition coefficient (Wildman–Crippen LogP) is 4.30. The van der Waals surface area contributed by atoms with Crippen LogP contribution in [0.5, 0.6) is 0 Å². The van der Waals surface area contributed by atoms with Crippen LogP contribution in [0, 0.1) is 23.0 Å². The van der Waals surface area contributed by atoms with E-state index >= 15 is 0 Å². The highest BCUT2D eigenvalue weighted by molar-refractivity contribution is 5.76. The Morgan fingerprint density at radius 2 is 1.89 bits per heavy atom. The maximum absolute atomic E-state index is 13.8. The number of halogens is 2. The van der Waals surface area contributed by atoms with Crippen LogP contribution in [-0.4, -0.2) is 10.9 Å². The molecule has 142 valence electrons. The summed E-state index contributed by atoms with van der Waals surface area (Å²) in [6.45, 7) is 1.84. The standard InChI is InChI=1S/C21H17F2N3O2/c1-13(15-7-5-14(11-24)6-8-15)26-19(27)9-10-20-25-12-18(28-20)21-16(22)3-2-4-17(21)23/h2-8,12-13H,9-10H2,1H3,(H,26,27). The van der Waals surface area contributed by atoms with Crippen molar-refractivity contribution in [2.24, 2.45) is 0 Å². The summed E-state index contributed by atoms with van der Waals surface area (Å²) in [5, 5.41) is 11.7. The van der Waals surface area contributed by atoms with Gasteiger partial charge in [0.15, 0.2) is 11.7 Å². The molecule has 3 rings (SSSR count). The van der Waals surface area contributed by atoms with E-state index in [1.54, 1.807) is 24.3 Å². The third-order valence-corrected chi connectivity index (χ3v) is 4.25. The molecular weight excluding hydrogens is 364 g/mol.